The van der Waals surface area contributed by atoms with Crippen molar-refractivity contribution in [1.29, 1.82) is 0 Å². The lowest BCUT2D eigenvalue weighted by atomic mass is 10.00. The van der Waals surface area contributed by atoms with E-state index >= 15 is 0 Å². The number of ether oxygens (including phenoxy) is 1. The van der Waals surface area contributed by atoms with E-state index in [1.54, 1.807) is 0 Å². The quantitative estimate of drug-likeness (QED) is 0.0942. The number of Topliss-reactive ketones (excluding diaryl/α,β-unsaturated/α-hetero) is 1. The van der Waals surface area contributed by atoms with E-state index in [-0.39, 0.29) is 32.2 Å². The van der Waals surface area contributed by atoms with Crippen LogP contribution in [-0.4, -0.2) is 36.5 Å². The molecule has 2 atom stereocenters. The molecule has 0 aliphatic carbocycles. The summed E-state index contributed by atoms with van der Waals surface area (Å²) in [6.07, 6.45) is -0.338. The second-order valence-corrected chi connectivity index (χ2v) is 14.4. The van der Waals surface area contributed by atoms with Gasteiger partial charge in [-0.25, -0.2) is 9.36 Å². The van der Waals surface area contributed by atoms with E-state index in [0.717, 1.165) is 33.4 Å². The van der Waals surface area contributed by atoms with Crippen LogP contribution in [-0.2, 0) is 58.7 Å². The molecule has 10 nitrogen and oxygen atoms in total. The Morgan fingerprint density at radius 2 is 1.14 bits per heavy atom. The van der Waals surface area contributed by atoms with E-state index in [4.69, 9.17) is 18.3 Å². The van der Waals surface area contributed by atoms with Crippen molar-refractivity contribution in [1.82, 2.24) is 10.6 Å². The molecule has 0 saturated carbocycles. The average molecular weight is 715 g/mol. The number of hydrogen-bond acceptors (Lipinski definition) is 8. The maximum Gasteiger partial charge on any atom is 0.475 e. The number of ketones is 1. The fraction of sp³-hybridized carbons (Fsp3) is 0.325. The topological polar surface area (TPSA) is 129 Å². The van der Waals surface area contributed by atoms with Crippen molar-refractivity contribution in [3.8, 4) is 0 Å². The molecule has 4 aromatic carbocycles. The molecule has 0 aliphatic heterocycles. The zero-order valence-electron chi connectivity index (χ0n) is 29.6. The van der Waals surface area contributed by atoms with Gasteiger partial charge >= 0.3 is 13.9 Å². The average Bonchev–Trinajstić information content (AvgIpc) is 3.12. The summed E-state index contributed by atoms with van der Waals surface area (Å²) in [7, 11) is -4.30. The Kier molecular flexibility index (Phi) is 15.1. The summed E-state index contributed by atoms with van der Waals surface area (Å²) in [5.74, 6) is -1.09. The minimum atomic E-state index is -4.30. The first-order chi connectivity index (χ1) is 24.5. The second-order valence-electron chi connectivity index (χ2n) is 12.7. The molecule has 51 heavy (non-hydrogen) atoms. The lowest BCUT2D eigenvalue weighted by Crippen LogP contribution is -2.53. The Labute approximate surface area is 300 Å². The van der Waals surface area contributed by atoms with E-state index in [1.165, 1.54) is 0 Å². The Balaban J connectivity index is 1.48. The van der Waals surface area contributed by atoms with E-state index in [0.29, 0.717) is 6.42 Å². The fourth-order valence-corrected chi connectivity index (χ4v) is 6.28. The van der Waals surface area contributed by atoms with Gasteiger partial charge in [-0.2, -0.15) is 0 Å². The highest BCUT2D eigenvalue weighted by atomic mass is 31.2. The minimum absolute atomic E-state index is 0.0310. The summed E-state index contributed by atoms with van der Waals surface area (Å²) >= 11 is 0. The van der Waals surface area contributed by atoms with Crippen molar-refractivity contribution in [3.63, 3.8) is 0 Å². The monoisotopic (exact) mass is 714 g/mol. The summed E-state index contributed by atoms with van der Waals surface area (Å²) in [6.45, 7) is 6.88. The molecular weight excluding hydrogens is 667 g/mol. The van der Waals surface area contributed by atoms with Crippen LogP contribution in [0.2, 0.25) is 0 Å². The third kappa shape index (κ3) is 13.2. The van der Waals surface area contributed by atoms with Crippen LogP contribution in [0.5, 0.6) is 0 Å². The number of phosphoric acid groups is 1. The summed E-state index contributed by atoms with van der Waals surface area (Å²) in [5.41, 5.74) is 5.01. The van der Waals surface area contributed by atoms with Crippen LogP contribution in [0, 0.1) is 19.8 Å². The highest BCUT2D eigenvalue weighted by molar-refractivity contribution is 7.48. The number of nitrogens with one attached hydrogen (secondary N) is 2. The molecule has 270 valence electrons. The van der Waals surface area contributed by atoms with Crippen molar-refractivity contribution in [2.75, 3.05) is 6.61 Å². The predicted molar refractivity (Wildman–Crippen MR) is 196 cm³/mol. The van der Waals surface area contributed by atoms with Crippen molar-refractivity contribution >= 4 is 25.6 Å². The normalized spacial score (nSPS) is 12.6. The SMILES string of the molecule is Cc1ccccc1COP(=O)(OCC(=O)[C@H](Cc1ccccc1)NC(=O)[C@H](CC(C)C)NC(=O)OCc1ccccc1)OCc1ccccc1C. The highest BCUT2D eigenvalue weighted by Crippen LogP contribution is 2.51. The van der Waals surface area contributed by atoms with Gasteiger partial charge in [0.2, 0.25) is 5.91 Å². The summed E-state index contributed by atoms with van der Waals surface area (Å²) in [4.78, 5) is 40.3. The van der Waals surface area contributed by atoms with Gasteiger partial charge in [-0.1, -0.05) is 123 Å². The maximum absolute atomic E-state index is 14.0. The number of amides is 2. The summed E-state index contributed by atoms with van der Waals surface area (Å²) in [5, 5.41) is 5.46. The summed E-state index contributed by atoms with van der Waals surface area (Å²) in [6, 6.07) is 31.3. The van der Waals surface area contributed by atoms with Crippen LogP contribution in [0.1, 0.15) is 53.6 Å². The Morgan fingerprint density at radius 3 is 1.67 bits per heavy atom. The number of benzene rings is 4. The third-order valence-electron chi connectivity index (χ3n) is 8.16. The molecule has 0 heterocycles. The molecule has 0 aromatic heterocycles. The van der Waals surface area contributed by atoms with Gasteiger partial charge in [0, 0.05) is 0 Å². The molecule has 0 bridgehead atoms. The Bertz CT molecular complexity index is 1710. The fourth-order valence-electron chi connectivity index (χ4n) is 5.17. The molecule has 0 spiro atoms. The van der Waals surface area contributed by atoms with Crippen LogP contribution < -0.4 is 10.6 Å². The predicted octanol–water partition coefficient (Wildman–Crippen LogP) is 7.80. The van der Waals surface area contributed by atoms with Gasteiger partial charge in [-0.3, -0.25) is 23.2 Å². The molecule has 0 fully saturated rings. The lowest BCUT2D eigenvalue weighted by molar-refractivity contribution is -0.130. The van der Waals surface area contributed by atoms with Gasteiger partial charge < -0.3 is 15.4 Å². The third-order valence-corrected chi connectivity index (χ3v) is 9.50. The molecular formula is C40H47N2O8P. The number of carbonyl (C=O) groups excluding carboxylic acids is 3. The standard InChI is InChI=1S/C40H47N2O8P/c1-29(2)23-37(42-40(45)47-25-33-19-9-6-10-20-33)39(44)41-36(24-32-17-7-5-8-18-32)38(43)28-50-51(46,48-26-34-21-13-11-15-30(34)3)49-27-35-22-14-12-16-31(35)4/h5-22,29,36-37H,23-28H2,1-4H3,(H,41,44)(H,42,45)/t36-,37-/m0/s1. The number of hydrogen-bond donors (Lipinski definition) is 2. The molecule has 4 rings (SSSR count). The first-order valence-electron chi connectivity index (χ1n) is 17.0. The Hall–Kier alpha value is -4.60. The zero-order valence-corrected chi connectivity index (χ0v) is 30.5. The largest absolute Gasteiger partial charge is 0.475 e. The van der Waals surface area contributed by atoms with Crippen LogP contribution in [0.25, 0.3) is 0 Å². The maximum atomic E-state index is 14.0. The molecule has 0 unspecified atom stereocenters. The van der Waals surface area contributed by atoms with E-state index in [9.17, 15) is 18.9 Å². The molecule has 0 saturated heterocycles. The highest BCUT2D eigenvalue weighted by Gasteiger charge is 2.33. The molecule has 2 N–H and O–H groups in total. The Morgan fingerprint density at radius 1 is 0.627 bits per heavy atom. The van der Waals surface area contributed by atoms with Crippen LogP contribution >= 0.6 is 7.82 Å². The molecule has 2 amide bonds. The molecule has 11 heteroatoms. The van der Waals surface area contributed by atoms with Gasteiger partial charge in [0.25, 0.3) is 0 Å². The van der Waals surface area contributed by atoms with E-state index < -0.39 is 44.3 Å². The smallest absolute Gasteiger partial charge is 0.445 e. The summed E-state index contributed by atoms with van der Waals surface area (Å²) < 4.78 is 36.7. The van der Waals surface area contributed by atoms with Gasteiger partial charge in [-0.15, -0.1) is 0 Å². The molecule has 0 radical (unpaired) electrons. The van der Waals surface area contributed by atoms with Crippen molar-refractivity contribution in [2.24, 2.45) is 5.92 Å². The molecule has 0 aliphatic rings. The van der Waals surface area contributed by atoms with E-state index in [2.05, 4.69) is 10.6 Å². The number of aryl methyl sites for hydroxylation is 2. The van der Waals surface area contributed by atoms with Crippen molar-refractivity contribution in [2.45, 2.75) is 72.4 Å². The number of rotatable bonds is 19. The van der Waals surface area contributed by atoms with Crippen LogP contribution in [0.4, 0.5) is 4.79 Å². The van der Waals surface area contributed by atoms with Gasteiger partial charge in [0.15, 0.2) is 5.78 Å². The van der Waals surface area contributed by atoms with Gasteiger partial charge in [0.1, 0.15) is 19.3 Å². The van der Waals surface area contributed by atoms with Gasteiger partial charge in [0.05, 0.1) is 19.3 Å². The van der Waals surface area contributed by atoms with E-state index in [1.807, 2.05) is 137 Å². The zero-order chi connectivity index (χ0) is 36.6. The second kappa shape index (κ2) is 19.7. The number of carbonyl (C=O) groups is 3. The first-order valence-corrected chi connectivity index (χ1v) is 18.4. The van der Waals surface area contributed by atoms with Crippen LogP contribution in [0.15, 0.2) is 109 Å². The van der Waals surface area contributed by atoms with Crippen LogP contribution in [0.3, 0.4) is 0 Å². The number of phosphoric ester groups is 1. The van der Waals surface area contributed by atoms with Crippen molar-refractivity contribution in [3.05, 3.63) is 143 Å². The molecule has 4 aromatic rings. The first kappa shape index (κ1) is 39.2. The minimum Gasteiger partial charge on any atom is -0.445 e. The van der Waals surface area contributed by atoms with Gasteiger partial charge in [-0.05, 0) is 66.0 Å². The lowest BCUT2D eigenvalue weighted by Gasteiger charge is -2.25. The number of alkyl carbamates (subject to hydrolysis) is 1. The van der Waals surface area contributed by atoms with Crippen molar-refractivity contribution < 1.29 is 37.3 Å².